The molecule has 0 spiro atoms. The number of hydrogen-bond acceptors (Lipinski definition) is 5. The number of carbonyl (C=O) groups excluding carboxylic acids is 1. The highest BCUT2D eigenvalue weighted by molar-refractivity contribution is 6.04. The number of ether oxygens (including phenoxy) is 2. The molecule has 2 aliphatic heterocycles. The lowest BCUT2D eigenvalue weighted by molar-refractivity contribution is -0.110. The van der Waals surface area contributed by atoms with Crippen LogP contribution in [0.5, 0.6) is 0 Å². The van der Waals surface area contributed by atoms with Crippen molar-refractivity contribution in [2.45, 2.75) is 0 Å². The Hall–Kier alpha value is -2.89. The molecule has 2 fully saturated rings. The summed E-state index contributed by atoms with van der Waals surface area (Å²) in [5.74, 6) is -0.0236. The minimum absolute atomic E-state index is 0.0236. The number of hydrogen-bond donors (Lipinski definition) is 0. The van der Waals surface area contributed by atoms with Crippen LogP contribution in [0.4, 0.5) is 11.4 Å². The van der Waals surface area contributed by atoms with E-state index in [0.29, 0.717) is 0 Å². The molecule has 2 aromatic carbocycles. The lowest BCUT2D eigenvalue weighted by atomic mass is 10.1. The second-order valence-corrected chi connectivity index (χ2v) is 7.45. The van der Waals surface area contributed by atoms with Crippen LogP contribution >= 0.6 is 0 Å². The third kappa shape index (κ3) is 5.59. The Labute approximate surface area is 178 Å². The lowest BCUT2D eigenvalue weighted by Gasteiger charge is -2.28. The number of ketones is 1. The molecule has 0 amide bonds. The molecule has 0 radical (unpaired) electrons. The fourth-order valence-electron chi connectivity index (χ4n) is 3.65. The Morgan fingerprint density at radius 1 is 0.633 bits per heavy atom. The first-order chi connectivity index (χ1) is 14.8. The first-order valence-electron chi connectivity index (χ1n) is 10.5. The number of benzene rings is 2. The molecule has 2 heterocycles. The molecule has 0 aliphatic carbocycles. The topological polar surface area (TPSA) is 42.0 Å². The molecule has 2 aromatic rings. The van der Waals surface area contributed by atoms with Crippen LogP contribution < -0.4 is 9.80 Å². The van der Waals surface area contributed by atoms with Gasteiger partial charge in [0, 0.05) is 37.6 Å². The zero-order chi connectivity index (χ0) is 20.6. The highest BCUT2D eigenvalue weighted by Crippen LogP contribution is 2.18. The first kappa shape index (κ1) is 20.4. The fraction of sp³-hybridized carbons (Fsp3) is 0.320. The van der Waals surface area contributed by atoms with Gasteiger partial charge in [0.25, 0.3) is 0 Å². The summed E-state index contributed by atoms with van der Waals surface area (Å²) in [7, 11) is 0. The van der Waals surface area contributed by atoms with Gasteiger partial charge in [-0.15, -0.1) is 0 Å². The largest absolute Gasteiger partial charge is 0.378 e. The molecular formula is C25H28N2O3. The summed E-state index contributed by atoms with van der Waals surface area (Å²) in [4.78, 5) is 16.8. The van der Waals surface area contributed by atoms with Gasteiger partial charge < -0.3 is 19.3 Å². The zero-order valence-corrected chi connectivity index (χ0v) is 17.2. The molecule has 5 heteroatoms. The van der Waals surface area contributed by atoms with E-state index in [2.05, 4.69) is 34.1 Å². The van der Waals surface area contributed by atoms with Crippen molar-refractivity contribution in [2.24, 2.45) is 0 Å². The summed E-state index contributed by atoms with van der Waals surface area (Å²) in [6, 6.07) is 16.6. The van der Waals surface area contributed by atoms with Gasteiger partial charge in [0.15, 0.2) is 5.78 Å². The van der Waals surface area contributed by atoms with Crippen LogP contribution in [0, 0.1) is 0 Å². The maximum atomic E-state index is 12.2. The average molecular weight is 405 g/mol. The van der Waals surface area contributed by atoms with E-state index >= 15 is 0 Å². The van der Waals surface area contributed by atoms with Crippen molar-refractivity contribution in [3.63, 3.8) is 0 Å². The predicted octanol–water partition coefficient (Wildman–Crippen LogP) is 3.66. The molecule has 156 valence electrons. The molecule has 4 rings (SSSR count). The zero-order valence-electron chi connectivity index (χ0n) is 17.2. The van der Waals surface area contributed by atoms with E-state index in [1.165, 1.54) is 11.4 Å². The monoisotopic (exact) mass is 404 g/mol. The lowest BCUT2D eigenvalue weighted by Crippen LogP contribution is -2.36. The summed E-state index contributed by atoms with van der Waals surface area (Å²) in [6.45, 7) is 6.79. The summed E-state index contributed by atoms with van der Waals surface area (Å²) >= 11 is 0. The minimum atomic E-state index is -0.0236. The number of morpholine rings is 2. The Morgan fingerprint density at radius 2 is 1.00 bits per heavy atom. The van der Waals surface area contributed by atoms with Gasteiger partial charge in [-0.05, 0) is 47.5 Å². The predicted molar refractivity (Wildman–Crippen MR) is 122 cm³/mol. The second-order valence-electron chi connectivity index (χ2n) is 7.45. The van der Waals surface area contributed by atoms with Gasteiger partial charge in [0.2, 0.25) is 0 Å². The van der Waals surface area contributed by atoms with Crippen molar-refractivity contribution in [3.8, 4) is 0 Å². The van der Waals surface area contributed by atoms with Crippen molar-refractivity contribution in [1.29, 1.82) is 0 Å². The number of anilines is 2. The molecule has 0 saturated carbocycles. The standard InChI is InChI=1S/C25H28N2O3/c28-25(11-5-21-1-7-23(8-2-21)26-13-17-29-18-14-26)12-6-22-3-9-24(10-4-22)27-15-19-30-20-16-27/h1-12H,13-20H2. The summed E-state index contributed by atoms with van der Waals surface area (Å²) in [5, 5.41) is 0. The number of allylic oxidation sites excluding steroid dienone is 2. The van der Waals surface area contributed by atoms with Gasteiger partial charge in [-0.3, -0.25) is 4.79 Å². The number of nitrogens with zero attached hydrogens (tertiary/aromatic N) is 2. The Kier molecular flexibility index (Phi) is 6.95. The quantitative estimate of drug-likeness (QED) is 0.688. The molecular weight excluding hydrogens is 376 g/mol. The molecule has 30 heavy (non-hydrogen) atoms. The SMILES string of the molecule is O=C(C=Cc1ccc(N2CCOCC2)cc1)C=Cc1ccc(N2CCOCC2)cc1. The van der Waals surface area contributed by atoms with Crippen LogP contribution in [0.2, 0.25) is 0 Å². The molecule has 2 aliphatic rings. The van der Waals surface area contributed by atoms with Crippen LogP contribution in [0.1, 0.15) is 11.1 Å². The second kappa shape index (κ2) is 10.2. The Balaban J connectivity index is 1.30. The van der Waals surface area contributed by atoms with Crippen LogP contribution in [-0.2, 0) is 14.3 Å². The highest BCUT2D eigenvalue weighted by Gasteiger charge is 2.11. The number of rotatable bonds is 6. The van der Waals surface area contributed by atoms with Crippen LogP contribution in [0.3, 0.4) is 0 Å². The van der Waals surface area contributed by atoms with Crippen molar-refractivity contribution < 1.29 is 14.3 Å². The highest BCUT2D eigenvalue weighted by atomic mass is 16.5. The van der Waals surface area contributed by atoms with E-state index in [-0.39, 0.29) is 5.78 Å². The van der Waals surface area contributed by atoms with E-state index < -0.39 is 0 Å². The molecule has 0 unspecified atom stereocenters. The van der Waals surface area contributed by atoms with Crippen molar-refractivity contribution in [3.05, 3.63) is 71.8 Å². The summed E-state index contributed by atoms with van der Waals surface area (Å²) < 4.78 is 10.8. The first-order valence-corrected chi connectivity index (χ1v) is 10.5. The van der Waals surface area contributed by atoms with E-state index in [4.69, 9.17) is 9.47 Å². The maximum Gasteiger partial charge on any atom is 0.178 e. The minimum Gasteiger partial charge on any atom is -0.378 e. The Bertz CT molecular complexity index is 802. The summed E-state index contributed by atoms with van der Waals surface area (Å²) in [5.41, 5.74) is 4.43. The fourth-order valence-corrected chi connectivity index (χ4v) is 3.65. The van der Waals surface area contributed by atoms with E-state index in [0.717, 1.165) is 63.7 Å². The van der Waals surface area contributed by atoms with E-state index in [1.54, 1.807) is 12.2 Å². The van der Waals surface area contributed by atoms with Gasteiger partial charge >= 0.3 is 0 Å². The molecule has 0 atom stereocenters. The number of carbonyl (C=O) groups is 1. The molecule has 0 N–H and O–H groups in total. The molecule has 0 bridgehead atoms. The van der Waals surface area contributed by atoms with Crippen molar-refractivity contribution in [2.75, 3.05) is 62.4 Å². The third-order valence-corrected chi connectivity index (χ3v) is 5.42. The third-order valence-electron chi connectivity index (χ3n) is 5.42. The van der Waals surface area contributed by atoms with Gasteiger partial charge in [-0.2, -0.15) is 0 Å². The average Bonchev–Trinajstić information content (AvgIpc) is 2.83. The van der Waals surface area contributed by atoms with Crippen LogP contribution in [0.25, 0.3) is 12.2 Å². The van der Waals surface area contributed by atoms with Crippen LogP contribution in [0.15, 0.2) is 60.7 Å². The Morgan fingerprint density at radius 3 is 1.37 bits per heavy atom. The van der Waals surface area contributed by atoms with Gasteiger partial charge in [0.1, 0.15) is 0 Å². The van der Waals surface area contributed by atoms with Gasteiger partial charge in [-0.1, -0.05) is 36.4 Å². The molecule has 5 nitrogen and oxygen atoms in total. The molecule has 0 aromatic heterocycles. The van der Waals surface area contributed by atoms with Gasteiger partial charge in [0.05, 0.1) is 26.4 Å². The van der Waals surface area contributed by atoms with Crippen molar-refractivity contribution >= 4 is 29.3 Å². The van der Waals surface area contributed by atoms with Crippen LogP contribution in [-0.4, -0.2) is 58.4 Å². The normalized spacial score (nSPS) is 17.7. The van der Waals surface area contributed by atoms with Gasteiger partial charge in [-0.25, -0.2) is 0 Å². The van der Waals surface area contributed by atoms with E-state index in [1.807, 2.05) is 36.4 Å². The van der Waals surface area contributed by atoms with E-state index in [9.17, 15) is 4.79 Å². The maximum absolute atomic E-state index is 12.2. The molecule has 2 saturated heterocycles. The van der Waals surface area contributed by atoms with Crippen molar-refractivity contribution in [1.82, 2.24) is 0 Å². The summed E-state index contributed by atoms with van der Waals surface area (Å²) in [6.07, 6.45) is 6.94. The smallest absolute Gasteiger partial charge is 0.178 e.